The molecule has 0 fully saturated rings. The molecule has 1 aromatic carbocycles. The highest BCUT2D eigenvalue weighted by atomic mass is 32.2. The Balaban J connectivity index is 2.51. The fourth-order valence-corrected chi connectivity index (χ4v) is 2.10. The number of nitrogens with one attached hydrogen (secondary N) is 1. The van der Waals surface area contributed by atoms with E-state index in [9.17, 15) is 8.42 Å². The van der Waals surface area contributed by atoms with Gasteiger partial charge in [-0.25, -0.2) is 13.1 Å². The number of benzene rings is 1. The Bertz CT molecular complexity index is 437. The lowest BCUT2D eigenvalue weighted by atomic mass is 9.97. The molecule has 0 aliphatic rings. The first-order chi connectivity index (χ1) is 7.92. The van der Waals surface area contributed by atoms with Crippen molar-refractivity contribution in [3.8, 4) is 0 Å². The molecule has 0 radical (unpaired) electrons. The molecule has 4 heteroatoms. The highest BCUT2D eigenvalue weighted by Crippen LogP contribution is 2.18. The number of hydrogen-bond acceptors (Lipinski definition) is 2. The van der Waals surface area contributed by atoms with Crippen molar-refractivity contribution in [2.24, 2.45) is 0 Å². The maximum atomic E-state index is 10.9. The van der Waals surface area contributed by atoms with E-state index < -0.39 is 10.0 Å². The van der Waals surface area contributed by atoms with Crippen molar-refractivity contribution < 1.29 is 8.42 Å². The zero-order chi connectivity index (χ0) is 12.9. The number of hydrogen-bond donors (Lipinski definition) is 1. The van der Waals surface area contributed by atoms with Gasteiger partial charge >= 0.3 is 0 Å². The van der Waals surface area contributed by atoms with Crippen LogP contribution in [-0.2, 0) is 16.4 Å². The average molecular weight is 255 g/mol. The molecule has 0 saturated carbocycles. The second-order valence-electron chi connectivity index (χ2n) is 4.47. The summed E-state index contributed by atoms with van der Waals surface area (Å²) in [4.78, 5) is 0. The van der Waals surface area contributed by atoms with Gasteiger partial charge < -0.3 is 0 Å². The van der Waals surface area contributed by atoms with Gasteiger partial charge in [0.15, 0.2) is 0 Å². The third-order valence-electron chi connectivity index (χ3n) is 2.94. The van der Waals surface area contributed by atoms with E-state index in [-0.39, 0.29) is 0 Å². The van der Waals surface area contributed by atoms with Crippen LogP contribution in [0.25, 0.3) is 0 Å². The van der Waals surface area contributed by atoms with E-state index in [1.807, 2.05) is 0 Å². The normalized spacial score (nSPS) is 13.6. The SMILES string of the molecule is CCC(C)c1ccc(CCNS(C)(=O)=O)cc1. The largest absolute Gasteiger partial charge is 0.215 e. The smallest absolute Gasteiger partial charge is 0.208 e. The molecule has 17 heavy (non-hydrogen) atoms. The van der Waals surface area contributed by atoms with Gasteiger partial charge in [0.25, 0.3) is 0 Å². The standard InChI is InChI=1S/C13H21NO2S/c1-4-11(2)13-7-5-12(6-8-13)9-10-14-17(3,15)16/h5-8,11,14H,4,9-10H2,1-3H3. The first kappa shape index (κ1) is 14.2. The van der Waals surface area contributed by atoms with Crippen LogP contribution >= 0.6 is 0 Å². The molecule has 0 aliphatic heterocycles. The first-order valence-corrected chi connectivity index (χ1v) is 7.85. The lowest BCUT2D eigenvalue weighted by Crippen LogP contribution is -2.24. The van der Waals surface area contributed by atoms with Gasteiger partial charge in [0, 0.05) is 6.54 Å². The summed E-state index contributed by atoms with van der Waals surface area (Å²) in [5.41, 5.74) is 2.50. The third kappa shape index (κ3) is 5.33. The Morgan fingerprint density at radius 2 is 1.82 bits per heavy atom. The minimum absolute atomic E-state index is 0.460. The second-order valence-corrected chi connectivity index (χ2v) is 6.30. The minimum atomic E-state index is -3.07. The topological polar surface area (TPSA) is 46.2 Å². The van der Waals surface area contributed by atoms with Gasteiger partial charge in [0.05, 0.1) is 6.26 Å². The van der Waals surface area contributed by atoms with Crippen molar-refractivity contribution in [2.75, 3.05) is 12.8 Å². The molecule has 0 heterocycles. The number of rotatable bonds is 6. The predicted molar refractivity (Wildman–Crippen MR) is 71.7 cm³/mol. The molecule has 0 saturated heterocycles. The van der Waals surface area contributed by atoms with E-state index in [1.54, 1.807) is 0 Å². The van der Waals surface area contributed by atoms with Crippen molar-refractivity contribution in [1.82, 2.24) is 4.72 Å². The molecule has 1 N–H and O–H groups in total. The van der Waals surface area contributed by atoms with E-state index in [0.717, 1.165) is 18.4 Å². The maximum absolute atomic E-state index is 10.9. The summed E-state index contributed by atoms with van der Waals surface area (Å²) in [6.07, 6.45) is 3.04. The van der Waals surface area contributed by atoms with Gasteiger partial charge in [-0.2, -0.15) is 0 Å². The number of sulfonamides is 1. The van der Waals surface area contributed by atoms with E-state index in [2.05, 4.69) is 42.8 Å². The summed E-state index contributed by atoms with van der Waals surface area (Å²) in [5.74, 6) is 0.582. The summed E-state index contributed by atoms with van der Waals surface area (Å²) in [6.45, 7) is 4.84. The lowest BCUT2D eigenvalue weighted by Gasteiger charge is -2.09. The Morgan fingerprint density at radius 3 is 2.29 bits per heavy atom. The molecule has 1 atom stereocenters. The zero-order valence-corrected chi connectivity index (χ0v) is 11.5. The molecule has 1 unspecified atom stereocenters. The van der Waals surface area contributed by atoms with Crippen LogP contribution in [-0.4, -0.2) is 21.2 Å². The van der Waals surface area contributed by atoms with E-state index in [4.69, 9.17) is 0 Å². The average Bonchev–Trinajstić information content (AvgIpc) is 2.27. The van der Waals surface area contributed by atoms with Crippen LogP contribution in [0.5, 0.6) is 0 Å². The Kier molecular flexibility index (Phi) is 5.15. The van der Waals surface area contributed by atoms with Gasteiger partial charge in [-0.05, 0) is 29.9 Å². The summed E-state index contributed by atoms with van der Waals surface area (Å²) < 4.78 is 24.3. The summed E-state index contributed by atoms with van der Waals surface area (Å²) >= 11 is 0. The van der Waals surface area contributed by atoms with Crippen LogP contribution in [0.2, 0.25) is 0 Å². The minimum Gasteiger partial charge on any atom is -0.215 e. The predicted octanol–water partition coefficient (Wildman–Crippen LogP) is 2.29. The van der Waals surface area contributed by atoms with E-state index in [0.29, 0.717) is 12.5 Å². The van der Waals surface area contributed by atoms with Gasteiger partial charge in [-0.15, -0.1) is 0 Å². The van der Waals surface area contributed by atoms with Crippen LogP contribution in [0.4, 0.5) is 0 Å². The first-order valence-electron chi connectivity index (χ1n) is 5.96. The molecule has 0 aromatic heterocycles. The van der Waals surface area contributed by atoms with Crippen LogP contribution in [0.1, 0.15) is 37.3 Å². The van der Waals surface area contributed by atoms with Crippen molar-refractivity contribution in [1.29, 1.82) is 0 Å². The van der Waals surface area contributed by atoms with E-state index in [1.165, 1.54) is 11.8 Å². The monoisotopic (exact) mass is 255 g/mol. The van der Waals surface area contributed by atoms with Gasteiger partial charge in [-0.1, -0.05) is 38.1 Å². The summed E-state index contributed by atoms with van der Waals surface area (Å²) in [7, 11) is -3.07. The zero-order valence-electron chi connectivity index (χ0n) is 10.7. The molecule has 3 nitrogen and oxygen atoms in total. The van der Waals surface area contributed by atoms with Crippen molar-refractivity contribution in [3.63, 3.8) is 0 Å². The van der Waals surface area contributed by atoms with Crippen molar-refractivity contribution in [3.05, 3.63) is 35.4 Å². The fraction of sp³-hybridized carbons (Fsp3) is 0.538. The second kappa shape index (κ2) is 6.17. The van der Waals surface area contributed by atoms with Crippen LogP contribution in [0.3, 0.4) is 0 Å². The van der Waals surface area contributed by atoms with Gasteiger partial charge in [-0.3, -0.25) is 0 Å². The highest BCUT2D eigenvalue weighted by molar-refractivity contribution is 7.88. The van der Waals surface area contributed by atoms with Crippen molar-refractivity contribution >= 4 is 10.0 Å². The molecule has 0 bridgehead atoms. The fourth-order valence-electron chi connectivity index (χ4n) is 1.63. The maximum Gasteiger partial charge on any atom is 0.208 e. The van der Waals surface area contributed by atoms with Crippen LogP contribution in [0, 0.1) is 0 Å². The highest BCUT2D eigenvalue weighted by Gasteiger charge is 2.03. The third-order valence-corrected chi connectivity index (χ3v) is 3.67. The van der Waals surface area contributed by atoms with Crippen LogP contribution in [0.15, 0.2) is 24.3 Å². The summed E-state index contributed by atoms with van der Waals surface area (Å²) in [6, 6.07) is 8.41. The molecule has 96 valence electrons. The Morgan fingerprint density at radius 1 is 1.24 bits per heavy atom. The van der Waals surface area contributed by atoms with E-state index >= 15 is 0 Å². The molecule has 0 spiro atoms. The Hall–Kier alpha value is -0.870. The molecule has 0 aliphatic carbocycles. The van der Waals surface area contributed by atoms with Gasteiger partial charge in [0.2, 0.25) is 10.0 Å². The lowest BCUT2D eigenvalue weighted by molar-refractivity contribution is 0.588. The molecule has 1 aromatic rings. The van der Waals surface area contributed by atoms with Crippen molar-refractivity contribution in [2.45, 2.75) is 32.6 Å². The molecule has 0 amide bonds. The molecular formula is C13H21NO2S. The summed E-state index contributed by atoms with van der Waals surface area (Å²) in [5, 5.41) is 0. The van der Waals surface area contributed by atoms with Crippen LogP contribution < -0.4 is 4.72 Å². The molecule has 1 rings (SSSR count). The quantitative estimate of drug-likeness (QED) is 0.847. The molecular weight excluding hydrogens is 234 g/mol. The Labute approximate surface area is 104 Å². The van der Waals surface area contributed by atoms with Gasteiger partial charge in [0.1, 0.15) is 0 Å².